The van der Waals surface area contributed by atoms with E-state index < -0.39 is 0 Å². The molecular weight excluding hydrogens is 258 g/mol. The van der Waals surface area contributed by atoms with E-state index in [4.69, 9.17) is 0 Å². The summed E-state index contributed by atoms with van der Waals surface area (Å²) < 4.78 is 1.75. The van der Waals surface area contributed by atoms with Crippen molar-refractivity contribution in [3.05, 3.63) is 47.2 Å². The quantitative estimate of drug-likeness (QED) is 0.868. The first kappa shape index (κ1) is 12.3. The summed E-state index contributed by atoms with van der Waals surface area (Å²) in [5, 5.41) is 7.54. The lowest BCUT2D eigenvalue weighted by Gasteiger charge is -2.14. The molecule has 3 rings (SSSR count). The molecule has 1 amide bonds. The number of hydrogen-bond acceptors (Lipinski definition) is 3. The van der Waals surface area contributed by atoms with Crippen LogP contribution in [0.3, 0.4) is 0 Å². The third-order valence-corrected chi connectivity index (χ3v) is 4.54. The van der Waals surface area contributed by atoms with E-state index in [0.29, 0.717) is 5.75 Å². The van der Waals surface area contributed by atoms with Gasteiger partial charge in [-0.1, -0.05) is 30.3 Å². The first-order valence-electron chi connectivity index (χ1n) is 6.16. The Morgan fingerprint density at radius 3 is 2.84 bits per heavy atom. The zero-order valence-electron chi connectivity index (χ0n) is 10.9. The minimum atomic E-state index is 0.0349. The van der Waals surface area contributed by atoms with E-state index >= 15 is 0 Å². The lowest BCUT2D eigenvalue weighted by atomic mass is 10.0. The summed E-state index contributed by atoms with van der Waals surface area (Å²) in [6.07, 6.45) is 0. The number of rotatable bonds is 1. The molecule has 1 aliphatic rings. The lowest BCUT2D eigenvalue weighted by molar-refractivity contribution is -0.113. The summed E-state index contributed by atoms with van der Waals surface area (Å²) in [5.41, 5.74) is 3.30. The van der Waals surface area contributed by atoms with Crippen LogP contribution in [0.2, 0.25) is 0 Å². The van der Waals surface area contributed by atoms with Crippen molar-refractivity contribution in [3.8, 4) is 0 Å². The van der Waals surface area contributed by atoms with Crippen LogP contribution in [0.15, 0.2) is 30.3 Å². The predicted octanol–water partition coefficient (Wildman–Crippen LogP) is 2.50. The Bertz CT molecular complexity index is 621. The van der Waals surface area contributed by atoms with Gasteiger partial charge in [-0.25, -0.2) is 0 Å². The summed E-state index contributed by atoms with van der Waals surface area (Å²) in [4.78, 5) is 11.8. The number of nitrogens with one attached hydrogen (secondary N) is 1. The van der Waals surface area contributed by atoms with E-state index in [-0.39, 0.29) is 11.2 Å². The summed E-state index contributed by atoms with van der Waals surface area (Å²) in [7, 11) is 1.87. The van der Waals surface area contributed by atoms with Crippen LogP contribution in [0, 0.1) is 6.92 Å². The molecule has 0 saturated carbocycles. The SMILES string of the molecule is Cc1nn(C)c2c1[C@@H](c1ccccc1)SCC(=O)N2. The highest BCUT2D eigenvalue weighted by atomic mass is 32.2. The highest BCUT2D eigenvalue weighted by molar-refractivity contribution is 8.00. The maximum Gasteiger partial charge on any atom is 0.235 e. The van der Waals surface area contributed by atoms with E-state index in [1.54, 1.807) is 16.4 Å². The summed E-state index contributed by atoms with van der Waals surface area (Å²) in [6, 6.07) is 10.3. The molecule has 1 aliphatic heterocycles. The first-order chi connectivity index (χ1) is 9.16. The Labute approximate surface area is 116 Å². The van der Waals surface area contributed by atoms with Crippen molar-refractivity contribution < 1.29 is 4.79 Å². The number of thioether (sulfide) groups is 1. The molecule has 0 saturated heterocycles. The average molecular weight is 273 g/mol. The summed E-state index contributed by atoms with van der Waals surface area (Å²) in [6.45, 7) is 1.99. The van der Waals surface area contributed by atoms with Crippen molar-refractivity contribution >= 4 is 23.5 Å². The number of hydrogen-bond donors (Lipinski definition) is 1. The normalized spacial score (nSPS) is 18.6. The van der Waals surface area contributed by atoms with Gasteiger partial charge in [0.1, 0.15) is 5.82 Å². The number of carbonyl (C=O) groups excluding carboxylic acids is 1. The maximum absolute atomic E-state index is 11.8. The Morgan fingerprint density at radius 2 is 2.11 bits per heavy atom. The van der Waals surface area contributed by atoms with Crippen molar-refractivity contribution in [1.82, 2.24) is 9.78 Å². The van der Waals surface area contributed by atoms with E-state index in [0.717, 1.165) is 17.1 Å². The molecule has 0 spiro atoms. The Balaban J connectivity index is 2.15. The third-order valence-electron chi connectivity index (χ3n) is 3.27. The van der Waals surface area contributed by atoms with Crippen LogP contribution in [-0.2, 0) is 11.8 Å². The molecule has 19 heavy (non-hydrogen) atoms. The Hall–Kier alpha value is -1.75. The highest BCUT2D eigenvalue weighted by Crippen LogP contribution is 2.42. The highest BCUT2D eigenvalue weighted by Gasteiger charge is 2.28. The lowest BCUT2D eigenvalue weighted by Crippen LogP contribution is -2.15. The summed E-state index contributed by atoms with van der Waals surface area (Å²) >= 11 is 1.65. The molecule has 5 heteroatoms. The average Bonchev–Trinajstić information content (AvgIpc) is 2.60. The third kappa shape index (κ3) is 2.14. The fourth-order valence-corrected chi connectivity index (χ4v) is 3.63. The van der Waals surface area contributed by atoms with Gasteiger partial charge in [-0.15, -0.1) is 11.8 Å². The minimum Gasteiger partial charge on any atom is -0.310 e. The molecule has 98 valence electrons. The van der Waals surface area contributed by atoms with Gasteiger partial charge in [0.15, 0.2) is 0 Å². The molecule has 0 radical (unpaired) electrons. The van der Waals surface area contributed by atoms with Crippen LogP contribution < -0.4 is 5.32 Å². The first-order valence-corrected chi connectivity index (χ1v) is 7.21. The molecule has 0 bridgehead atoms. The Morgan fingerprint density at radius 1 is 1.37 bits per heavy atom. The van der Waals surface area contributed by atoms with Gasteiger partial charge >= 0.3 is 0 Å². The van der Waals surface area contributed by atoms with Crippen LogP contribution in [-0.4, -0.2) is 21.4 Å². The van der Waals surface area contributed by atoms with Crippen molar-refractivity contribution in [1.29, 1.82) is 0 Å². The van der Waals surface area contributed by atoms with Gasteiger partial charge in [0.05, 0.1) is 16.7 Å². The maximum atomic E-state index is 11.8. The molecule has 0 unspecified atom stereocenters. The molecule has 1 aromatic carbocycles. The van der Waals surface area contributed by atoms with Gasteiger partial charge in [0.25, 0.3) is 0 Å². The molecule has 4 nitrogen and oxygen atoms in total. The Kier molecular flexibility index (Phi) is 3.06. The van der Waals surface area contributed by atoms with Crippen LogP contribution in [0.5, 0.6) is 0 Å². The van der Waals surface area contributed by atoms with Gasteiger partial charge < -0.3 is 5.32 Å². The number of amides is 1. The largest absolute Gasteiger partial charge is 0.310 e. The molecule has 2 heterocycles. The van der Waals surface area contributed by atoms with Gasteiger partial charge in [0, 0.05) is 12.6 Å². The molecule has 2 aromatic rings. The second kappa shape index (κ2) is 4.74. The number of benzene rings is 1. The van der Waals surface area contributed by atoms with Crippen molar-refractivity contribution in [2.24, 2.45) is 7.05 Å². The van der Waals surface area contributed by atoms with Gasteiger partial charge in [-0.2, -0.15) is 5.10 Å². The minimum absolute atomic E-state index is 0.0349. The van der Waals surface area contributed by atoms with Crippen molar-refractivity contribution in [3.63, 3.8) is 0 Å². The van der Waals surface area contributed by atoms with Crippen molar-refractivity contribution in [2.45, 2.75) is 12.2 Å². The van der Waals surface area contributed by atoms with E-state index in [2.05, 4.69) is 22.5 Å². The standard InChI is InChI=1S/C14H15N3OS/c1-9-12-13(10-6-4-3-5-7-10)19-8-11(18)15-14(12)17(2)16-9/h3-7,13H,8H2,1-2H3,(H,15,18)/t13-/m1/s1. The molecule has 1 aromatic heterocycles. The smallest absolute Gasteiger partial charge is 0.235 e. The zero-order valence-corrected chi connectivity index (χ0v) is 11.7. The molecule has 1 atom stereocenters. The van der Waals surface area contributed by atoms with Crippen LogP contribution in [0.25, 0.3) is 0 Å². The summed E-state index contributed by atoms with van der Waals surface area (Å²) in [5.74, 6) is 1.32. The monoisotopic (exact) mass is 273 g/mol. The van der Waals surface area contributed by atoms with Crippen LogP contribution in [0.4, 0.5) is 5.82 Å². The van der Waals surface area contributed by atoms with Crippen LogP contribution in [0.1, 0.15) is 22.1 Å². The second-order valence-corrected chi connectivity index (χ2v) is 5.71. The topological polar surface area (TPSA) is 46.9 Å². The fourth-order valence-electron chi connectivity index (χ4n) is 2.44. The number of anilines is 1. The van der Waals surface area contributed by atoms with E-state index in [9.17, 15) is 4.79 Å². The van der Waals surface area contributed by atoms with Gasteiger partial charge in [-0.05, 0) is 12.5 Å². The van der Waals surface area contributed by atoms with Gasteiger partial charge in [-0.3, -0.25) is 9.48 Å². The molecular formula is C14H15N3OS. The number of nitrogens with zero attached hydrogens (tertiary/aromatic N) is 2. The van der Waals surface area contributed by atoms with E-state index in [1.165, 1.54) is 5.56 Å². The number of fused-ring (bicyclic) bond motifs is 1. The van der Waals surface area contributed by atoms with Gasteiger partial charge in [0.2, 0.25) is 5.91 Å². The van der Waals surface area contributed by atoms with E-state index in [1.807, 2.05) is 32.2 Å². The van der Waals surface area contributed by atoms with Crippen molar-refractivity contribution in [2.75, 3.05) is 11.1 Å². The number of aromatic nitrogens is 2. The molecule has 0 fully saturated rings. The number of carbonyl (C=O) groups is 1. The zero-order chi connectivity index (χ0) is 13.4. The second-order valence-electron chi connectivity index (χ2n) is 4.62. The molecule has 0 aliphatic carbocycles. The molecule has 1 N–H and O–H groups in total. The predicted molar refractivity (Wildman–Crippen MR) is 77.3 cm³/mol. The fraction of sp³-hybridized carbons (Fsp3) is 0.286. The number of aryl methyl sites for hydroxylation is 2. The van der Waals surface area contributed by atoms with Crippen LogP contribution >= 0.6 is 11.8 Å².